The average molecular weight is 469 g/mol. The summed E-state index contributed by atoms with van der Waals surface area (Å²) in [6, 6.07) is 8.31. The third-order valence-electron chi connectivity index (χ3n) is 5.25. The second kappa shape index (κ2) is 9.51. The largest absolute Gasteiger partial charge is 0.397 e. The predicted octanol–water partition coefficient (Wildman–Crippen LogP) is 3.52. The third kappa shape index (κ3) is 4.64. The van der Waals surface area contributed by atoms with Gasteiger partial charge in [0.25, 0.3) is 5.91 Å². The number of nitrogens with two attached hydrogens (primary N) is 1. The van der Waals surface area contributed by atoms with E-state index in [1.54, 1.807) is 37.5 Å². The maximum absolute atomic E-state index is 15.0. The van der Waals surface area contributed by atoms with E-state index in [0.717, 1.165) is 0 Å². The Kier molecular flexibility index (Phi) is 6.52. The molecule has 0 fully saturated rings. The maximum Gasteiger partial charge on any atom is 0.271 e. The SMILES string of the molecule is CN=C1/C=C(\N)c2ccc3nccc(c3n2)Nc2c(ccc(Cl)c2F)COCCN(C)C1=O. The molecule has 4 rings (SSSR count). The lowest BCUT2D eigenvalue weighted by Crippen LogP contribution is -2.35. The number of likely N-dealkylation sites (N-methyl/N-ethyl adjacent to an activating group) is 1. The molecule has 1 aliphatic heterocycles. The van der Waals surface area contributed by atoms with Gasteiger partial charge in [-0.25, -0.2) is 9.37 Å². The summed E-state index contributed by atoms with van der Waals surface area (Å²) in [5, 5.41) is 3.09. The van der Waals surface area contributed by atoms with Gasteiger partial charge in [0.15, 0.2) is 5.82 Å². The number of halogens is 2. The monoisotopic (exact) mass is 468 g/mol. The molecule has 3 N–H and O–H groups in total. The Bertz CT molecular complexity index is 1290. The van der Waals surface area contributed by atoms with Crippen LogP contribution in [0.2, 0.25) is 5.02 Å². The summed E-state index contributed by atoms with van der Waals surface area (Å²) in [5.41, 5.74) is 9.46. The van der Waals surface area contributed by atoms with Crippen molar-refractivity contribution < 1.29 is 13.9 Å². The molecule has 2 aromatic heterocycles. The summed E-state index contributed by atoms with van der Waals surface area (Å²) in [7, 11) is 3.17. The number of nitrogens with one attached hydrogen (secondary N) is 1. The number of rotatable bonds is 0. The van der Waals surface area contributed by atoms with Crippen LogP contribution in [0.4, 0.5) is 15.8 Å². The number of hydrogen-bond acceptors (Lipinski definition) is 7. The fourth-order valence-electron chi connectivity index (χ4n) is 3.39. The summed E-state index contributed by atoms with van der Waals surface area (Å²) in [4.78, 5) is 27.3. The molecule has 170 valence electrons. The lowest BCUT2D eigenvalue weighted by Gasteiger charge is -2.19. The van der Waals surface area contributed by atoms with Crippen molar-refractivity contribution >= 4 is 51.3 Å². The molecular formula is C23H22ClFN6O2. The van der Waals surface area contributed by atoms with Crippen molar-refractivity contribution in [2.75, 3.05) is 32.6 Å². The molecule has 3 heterocycles. The van der Waals surface area contributed by atoms with Crippen LogP contribution in [0.15, 0.2) is 47.6 Å². The van der Waals surface area contributed by atoms with Gasteiger partial charge >= 0.3 is 0 Å². The summed E-state index contributed by atoms with van der Waals surface area (Å²) in [5.74, 6) is -0.908. The Morgan fingerprint density at radius 1 is 1.27 bits per heavy atom. The first-order valence-electron chi connectivity index (χ1n) is 10.2. The highest BCUT2D eigenvalue weighted by Crippen LogP contribution is 2.32. The zero-order valence-corrected chi connectivity index (χ0v) is 18.9. The van der Waals surface area contributed by atoms with Gasteiger partial charge in [-0.3, -0.25) is 14.8 Å². The van der Waals surface area contributed by atoms with E-state index in [1.807, 2.05) is 0 Å². The highest BCUT2D eigenvalue weighted by atomic mass is 35.5. The summed E-state index contributed by atoms with van der Waals surface area (Å²) in [6.45, 7) is 0.660. The fraction of sp³-hybridized carbons (Fsp3) is 0.217. The lowest BCUT2D eigenvalue weighted by atomic mass is 10.1. The maximum atomic E-state index is 15.0. The zero-order valence-electron chi connectivity index (χ0n) is 18.1. The van der Waals surface area contributed by atoms with Crippen LogP contribution in [0.1, 0.15) is 11.3 Å². The van der Waals surface area contributed by atoms with E-state index < -0.39 is 5.82 Å². The lowest BCUT2D eigenvalue weighted by molar-refractivity contribution is -0.123. The molecule has 1 aliphatic rings. The molecule has 33 heavy (non-hydrogen) atoms. The van der Waals surface area contributed by atoms with Crippen LogP contribution >= 0.6 is 11.6 Å². The average Bonchev–Trinajstić information content (AvgIpc) is 2.82. The second-order valence-electron chi connectivity index (χ2n) is 7.43. The molecule has 0 spiro atoms. The van der Waals surface area contributed by atoms with Crippen molar-refractivity contribution in [3.63, 3.8) is 0 Å². The molecule has 10 heteroatoms. The number of carbonyl (C=O) groups is 1. The van der Waals surface area contributed by atoms with E-state index in [2.05, 4.69) is 20.3 Å². The molecule has 0 saturated heterocycles. The van der Waals surface area contributed by atoms with Gasteiger partial charge < -0.3 is 20.7 Å². The number of fused-ring (bicyclic) bond motifs is 2. The van der Waals surface area contributed by atoms with E-state index in [1.165, 1.54) is 24.1 Å². The summed E-state index contributed by atoms with van der Waals surface area (Å²) >= 11 is 6.05. The van der Waals surface area contributed by atoms with Gasteiger partial charge in [0.05, 0.1) is 46.5 Å². The van der Waals surface area contributed by atoms with Crippen LogP contribution in [0.3, 0.4) is 0 Å². The van der Waals surface area contributed by atoms with Gasteiger partial charge in [0.1, 0.15) is 11.2 Å². The number of ether oxygens (including phenoxy) is 1. The first kappa shape index (κ1) is 22.6. The van der Waals surface area contributed by atoms with Crippen molar-refractivity contribution in [1.29, 1.82) is 0 Å². The second-order valence-corrected chi connectivity index (χ2v) is 7.84. The van der Waals surface area contributed by atoms with E-state index in [-0.39, 0.29) is 41.2 Å². The third-order valence-corrected chi connectivity index (χ3v) is 5.54. The number of carbonyl (C=O) groups excluding carboxylic acids is 1. The molecule has 3 aromatic rings. The standard InChI is InChI=1S/C23H22ClFN6O2/c1-27-19-11-15(26)16-5-6-17-22(29-16)18(7-8-28-17)30-21-13(3-4-14(24)20(21)25)12-33-10-9-31(2)23(19)32/h3-8,11,30H,9-10,12,26H2,1-2H3/b15-11-,27-19?. The van der Waals surface area contributed by atoms with Crippen LogP contribution in [0.5, 0.6) is 0 Å². The Hall–Kier alpha value is -3.56. The first-order valence-corrected chi connectivity index (χ1v) is 10.5. The van der Waals surface area contributed by atoms with E-state index in [9.17, 15) is 4.79 Å². The number of amides is 1. The summed E-state index contributed by atoms with van der Waals surface area (Å²) < 4.78 is 20.7. The predicted molar refractivity (Wildman–Crippen MR) is 127 cm³/mol. The number of hydrogen-bond donors (Lipinski definition) is 2. The van der Waals surface area contributed by atoms with Gasteiger partial charge in [-0.15, -0.1) is 0 Å². The fourth-order valence-corrected chi connectivity index (χ4v) is 3.55. The molecular weight excluding hydrogens is 447 g/mol. The number of aliphatic imine (C=N–C) groups is 1. The molecule has 1 aromatic carbocycles. The molecule has 2 bridgehead atoms. The first-order chi connectivity index (χ1) is 15.9. The van der Waals surface area contributed by atoms with E-state index in [4.69, 9.17) is 22.1 Å². The van der Waals surface area contributed by atoms with Gasteiger partial charge in [-0.05, 0) is 30.3 Å². The smallest absolute Gasteiger partial charge is 0.271 e. The van der Waals surface area contributed by atoms with E-state index in [0.29, 0.717) is 34.5 Å². The molecule has 0 saturated carbocycles. The van der Waals surface area contributed by atoms with Crippen molar-refractivity contribution in [1.82, 2.24) is 14.9 Å². The van der Waals surface area contributed by atoms with Gasteiger partial charge in [0, 0.05) is 32.4 Å². The van der Waals surface area contributed by atoms with Gasteiger partial charge in [0.2, 0.25) is 0 Å². The number of nitrogens with zero attached hydrogens (tertiary/aromatic N) is 4. The molecule has 8 nitrogen and oxygen atoms in total. The highest BCUT2D eigenvalue weighted by molar-refractivity contribution is 6.44. The quantitative estimate of drug-likeness (QED) is 0.523. The summed E-state index contributed by atoms with van der Waals surface area (Å²) in [6.07, 6.45) is 3.08. The van der Waals surface area contributed by atoms with Gasteiger partial charge in [-0.1, -0.05) is 17.7 Å². The Morgan fingerprint density at radius 3 is 2.88 bits per heavy atom. The Morgan fingerprint density at radius 2 is 2.09 bits per heavy atom. The highest BCUT2D eigenvalue weighted by Gasteiger charge is 2.18. The number of pyridine rings is 2. The molecule has 1 amide bonds. The zero-order chi connectivity index (χ0) is 23.5. The van der Waals surface area contributed by atoms with Crippen LogP contribution < -0.4 is 11.1 Å². The number of aromatic nitrogens is 2. The number of benzene rings is 1. The van der Waals surface area contributed by atoms with Crippen LogP contribution in [-0.2, 0) is 16.1 Å². The molecule has 0 aliphatic carbocycles. The minimum atomic E-state index is -0.601. The van der Waals surface area contributed by atoms with Crippen molar-refractivity contribution in [2.45, 2.75) is 6.61 Å². The van der Waals surface area contributed by atoms with Crippen molar-refractivity contribution in [2.24, 2.45) is 10.7 Å². The van der Waals surface area contributed by atoms with Crippen LogP contribution in [0.25, 0.3) is 16.7 Å². The molecule has 0 unspecified atom stereocenters. The van der Waals surface area contributed by atoms with Gasteiger partial charge in [-0.2, -0.15) is 0 Å². The Balaban J connectivity index is 1.89. The molecule has 0 atom stereocenters. The molecule has 0 radical (unpaired) electrons. The van der Waals surface area contributed by atoms with Crippen molar-refractivity contribution in [3.05, 3.63) is 64.7 Å². The number of anilines is 2. The minimum Gasteiger partial charge on any atom is -0.397 e. The Labute approximate surface area is 194 Å². The normalized spacial score (nSPS) is 18.2. The van der Waals surface area contributed by atoms with Crippen LogP contribution in [0, 0.1) is 5.82 Å². The topological polar surface area (TPSA) is 106 Å². The van der Waals surface area contributed by atoms with Crippen LogP contribution in [-0.4, -0.2) is 53.7 Å². The van der Waals surface area contributed by atoms with Crippen molar-refractivity contribution in [3.8, 4) is 0 Å². The van der Waals surface area contributed by atoms with E-state index >= 15 is 4.39 Å². The minimum absolute atomic E-state index is 0.0217.